The largest absolute Gasteiger partial charge is 0.491 e. The Bertz CT molecular complexity index is 1380. The summed E-state index contributed by atoms with van der Waals surface area (Å²) in [7, 11) is -3.73. The van der Waals surface area contributed by atoms with E-state index in [-0.39, 0.29) is 17.4 Å². The van der Waals surface area contributed by atoms with E-state index in [4.69, 9.17) is 4.74 Å². The summed E-state index contributed by atoms with van der Waals surface area (Å²) < 4.78 is 31.5. The second-order valence-corrected chi connectivity index (χ2v) is 12.2. The van der Waals surface area contributed by atoms with Crippen LogP contribution in [0.25, 0.3) is 0 Å². The molecule has 38 heavy (non-hydrogen) atoms. The second-order valence-electron chi connectivity index (χ2n) is 10.3. The van der Waals surface area contributed by atoms with E-state index < -0.39 is 22.5 Å². The van der Waals surface area contributed by atoms with Crippen molar-refractivity contribution in [1.29, 1.82) is 0 Å². The Morgan fingerprint density at radius 3 is 2.00 bits per heavy atom. The van der Waals surface area contributed by atoms with Crippen molar-refractivity contribution in [2.45, 2.75) is 46.1 Å². The van der Waals surface area contributed by atoms with Gasteiger partial charge in [-0.1, -0.05) is 39.0 Å². The van der Waals surface area contributed by atoms with Gasteiger partial charge in [-0.15, -0.1) is 0 Å². The summed E-state index contributed by atoms with van der Waals surface area (Å²) in [6, 6.07) is 20.6. The number of carbonyl (C=O) groups excluding carboxylic acids is 2. The van der Waals surface area contributed by atoms with Gasteiger partial charge in [0.2, 0.25) is 15.9 Å². The van der Waals surface area contributed by atoms with Gasteiger partial charge in [-0.2, -0.15) is 0 Å². The summed E-state index contributed by atoms with van der Waals surface area (Å²) in [4.78, 5) is 25.5. The van der Waals surface area contributed by atoms with Crippen LogP contribution in [0.2, 0.25) is 0 Å². The molecular formula is C29H35N3O5S. The molecule has 0 aliphatic heterocycles. The molecule has 0 saturated carbocycles. The topological polar surface area (TPSA) is 105 Å². The third-order valence-corrected chi connectivity index (χ3v) is 6.74. The Labute approximate surface area is 225 Å². The van der Waals surface area contributed by atoms with Gasteiger partial charge in [0.15, 0.2) is 0 Å². The van der Waals surface area contributed by atoms with Gasteiger partial charge in [-0.3, -0.25) is 13.9 Å². The summed E-state index contributed by atoms with van der Waals surface area (Å²) in [5.41, 5.74) is 2.89. The van der Waals surface area contributed by atoms with Crippen molar-refractivity contribution >= 4 is 38.9 Å². The first-order chi connectivity index (χ1) is 17.7. The molecule has 0 aliphatic carbocycles. The normalized spacial score (nSPS) is 11.7. The minimum Gasteiger partial charge on any atom is -0.491 e. The number of hydrogen-bond acceptors (Lipinski definition) is 5. The van der Waals surface area contributed by atoms with E-state index in [1.54, 1.807) is 60.7 Å². The number of amides is 2. The van der Waals surface area contributed by atoms with Gasteiger partial charge in [0.1, 0.15) is 12.3 Å². The number of benzene rings is 3. The molecule has 3 aromatic carbocycles. The van der Waals surface area contributed by atoms with E-state index in [2.05, 4.69) is 31.4 Å². The number of sulfonamides is 1. The Kier molecular flexibility index (Phi) is 8.83. The first-order valence-corrected chi connectivity index (χ1v) is 14.1. The van der Waals surface area contributed by atoms with E-state index in [1.807, 2.05) is 26.0 Å². The van der Waals surface area contributed by atoms with Crippen LogP contribution in [0.3, 0.4) is 0 Å². The number of ether oxygens (including phenoxy) is 1. The van der Waals surface area contributed by atoms with E-state index >= 15 is 0 Å². The van der Waals surface area contributed by atoms with Gasteiger partial charge >= 0.3 is 0 Å². The molecule has 0 fully saturated rings. The van der Waals surface area contributed by atoms with E-state index in [1.165, 1.54) is 0 Å². The van der Waals surface area contributed by atoms with Gasteiger partial charge in [0.05, 0.1) is 18.0 Å². The van der Waals surface area contributed by atoms with Crippen LogP contribution < -0.4 is 19.7 Å². The zero-order valence-electron chi connectivity index (χ0n) is 22.6. The zero-order valence-corrected chi connectivity index (χ0v) is 23.4. The average Bonchev–Trinajstić information content (AvgIpc) is 2.82. The Hall–Kier alpha value is -3.85. The first-order valence-electron chi connectivity index (χ1n) is 12.3. The van der Waals surface area contributed by atoms with E-state index in [0.29, 0.717) is 28.4 Å². The van der Waals surface area contributed by atoms with Crippen molar-refractivity contribution < 1.29 is 22.7 Å². The zero-order chi connectivity index (χ0) is 28.1. The molecule has 0 atom stereocenters. The fraction of sp³-hybridized carbons (Fsp3) is 0.310. The molecule has 0 aliphatic rings. The quantitative estimate of drug-likeness (QED) is 0.379. The molecule has 202 valence electrons. The molecule has 0 heterocycles. The highest BCUT2D eigenvalue weighted by atomic mass is 32.2. The molecule has 0 aromatic heterocycles. The van der Waals surface area contributed by atoms with Gasteiger partial charge in [0, 0.05) is 16.9 Å². The van der Waals surface area contributed by atoms with Crippen molar-refractivity contribution in [3.8, 4) is 5.75 Å². The molecule has 8 nitrogen and oxygen atoms in total. The minimum atomic E-state index is -3.73. The molecule has 3 aromatic rings. The highest BCUT2D eigenvalue weighted by molar-refractivity contribution is 7.92. The van der Waals surface area contributed by atoms with Crippen LogP contribution in [0.15, 0.2) is 72.8 Å². The van der Waals surface area contributed by atoms with Crippen molar-refractivity contribution in [3.63, 3.8) is 0 Å². The highest BCUT2D eigenvalue weighted by Crippen LogP contribution is 2.24. The van der Waals surface area contributed by atoms with Crippen LogP contribution in [0.1, 0.15) is 50.5 Å². The van der Waals surface area contributed by atoms with Gasteiger partial charge in [-0.05, 0) is 79.4 Å². The van der Waals surface area contributed by atoms with Crippen LogP contribution in [0, 0.1) is 0 Å². The van der Waals surface area contributed by atoms with Crippen molar-refractivity contribution in [2.75, 3.05) is 27.7 Å². The molecule has 9 heteroatoms. The number of anilines is 3. The third-order valence-electron chi connectivity index (χ3n) is 5.60. The van der Waals surface area contributed by atoms with Gasteiger partial charge in [0.25, 0.3) is 5.91 Å². The van der Waals surface area contributed by atoms with Crippen LogP contribution in [-0.2, 0) is 20.2 Å². The highest BCUT2D eigenvalue weighted by Gasteiger charge is 2.21. The SMILES string of the molecule is CC(C)Oc1ccc(N(CC(=O)Nc2cccc(NC(=O)c3ccc(C(C)(C)C)cc3)c2)S(C)(=O)=O)cc1. The predicted molar refractivity (Wildman–Crippen MR) is 153 cm³/mol. The molecule has 0 radical (unpaired) electrons. The molecule has 2 amide bonds. The van der Waals surface area contributed by atoms with Crippen molar-refractivity contribution in [3.05, 3.63) is 83.9 Å². The Morgan fingerprint density at radius 2 is 1.47 bits per heavy atom. The molecule has 0 spiro atoms. The lowest BCUT2D eigenvalue weighted by Crippen LogP contribution is -2.37. The maximum atomic E-state index is 12.8. The third kappa shape index (κ3) is 8.08. The molecule has 0 saturated heterocycles. The summed E-state index contributed by atoms with van der Waals surface area (Å²) in [6.45, 7) is 9.69. The van der Waals surface area contributed by atoms with Crippen LogP contribution in [0.4, 0.5) is 17.1 Å². The summed E-state index contributed by atoms with van der Waals surface area (Å²) in [6.07, 6.45) is 1.02. The van der Waals surface area contributed by atoms with Gasteiger partial charge < -0.3 is 15.4 Å². The predicted octanol–water partition coefficient (Wildman–Crippen LogP) is 5.43. The fourth-order valence-corrected chi connectivity index (χ4v) is 4.55. The number of nitrogens with one attached hydrogen (secondary N) is 2. The second kappa shape index (κ2) is 11.7. The molecule has 2 N–H and O–H groups in total. The summed E-state index contributed by atoms with van der Waals surface area (Å²) in [5.74, 6) is -0.202. The van der Waals surface area contributed by atoms with Gasteiger partial charge in [-0.25, -0.2) is 8.42 Å². The lowest BCUT2D eigenvalue weighted by molar-refractivity contribution is -0.114. The molecule has 0 bridgehead atoms. The number of nitrogens with zero attached hydrogens (tertiary/aromatic N) is 1. The lowest BCUT2D eigenvalue weighted by atomic mass is 9.87. The van der Waals surface area contributed by atoms with E-state index in [0.717, 1.165) is 16.1 Å². The lowest BCUT2D eigenvalue weighted by Gasteiger charge is -2.22. The van der Waals surface area contributed by atoms with Crippen molar-refractivity contribution in [2.24, 2.45) is 0 Å². The summed E-state index contributed by atoms with van der Waals surface area (Å²) >= 11 is 0. The number of rotatable bonds is 9. The molecular weight excluding hydrogens is 502 g/mol. The van der Waals surface area contributed by atoms with Crippen molar-refractivity contribution in [1.82, 2.24) is 0 Å². The molecule has 0 unspecified atom stereocenters. The number of hydrogen-bond donors (Lipinski definition) is 2. The Morgan fingerprint density at radius 1 is 0.895 bits per heavy atom. The first kappa shape index (κ1) is 28.7. The minimum absolute atomic E-state index is 0.0140. The summed E-state index contributed by atoms with van der Waals surface area (Å²) in [5, 5.41) is 5.54. The van der Waals surface area contributed by atoms with Crippen LogP contribution >= 0.6 is 0 Å². The number of carbonyl (C=O) groups is 2. The fourth-order valence-electron chi connectivity index (χ4n) is 3.69. The average molecular weight is 538 g/mol. The standard InChI is InChI=1S/C29H35N3O5S/c1-20(2)37-26-16-14-25(15-17-26)32(38(6,35)36)19-27(33)30-23-8-7-9-24(18-23)31-28(34)21-10-12-22(13-11-21)29(3,4)5/h7-18,20H,19H2,1-6H3,(H,30,33)(H,31,34). The Balaban J connectivity index is 1.68. The maximum Gasteiger partial charge on any atom is 0.255 e. The van der Waals surface area contributed by atoms with E-state index in [9.17, 15) is 18.0 Å². The smallest absolute Gasteiger partial charge is 0.255 e. The monoisotopic (exact) mass is 537 g/mol. The van der Waals surface area contributed by atoms with Crippen LogP contribution in [-0.4, -0.2) is 39.1 Å². The molecule has 3 rings (SSSR count). The van der Waals surface area contributed by atoms with Crippen LogP contribution in [0.5, 0.6) is 5.75 Å². The maximum absolute atomic E-state index is 12.8.